The van der Waals surface area contributed by atoms with Crippen LogP contribution >= 0.6 is 11.6 Å². The Bertz CT molecular complexity index is 483. The van der Waals surface area contributed by atoms with E-state index in [-0.39, 0.29) is 23.4 Å². The topological polar surface area (TPSA) is 43.1 Å². The Morgan fingerprint density at radius 1 is 1.30 bits per heavy atom. The van der Waals surface area contributed by atoms with Crippen LogP contribution in [0, 0.1) is 11.2 Å². The van der Waals surface area contributed by atoms with E-state index in [0.717, 1.165) is 25.7 Å². The number of ketones is 1. The van der Waals surface area contributed by atoms with Crippen molar-refractivity contribution in [3.63, 3.8) is 0 Å². The van der Waals surface area contributed by atoms with E-state index in [0.29, 0.717) is 23.6 Å². The minimum atomic E-state index is -0.358. The van der Waals surface area contributed by atoms with Crippen molar-refractivity contribution in [3.8, 4) is 0 Å². The highest BCUT2D eigenvalue weighted by molar-refractivity contribution is 6.31. The van der Waals surface area contributed by atoms with E-state index in [1.54, 1.807) is 0 Å². The molecule has 1 fully saturated rings. The molecule has 2 nitrogen and oxygen atoms in total. The zero-order valence-electron chi connectivity index (χ0n) is 11.6. The van der Waals surface area contributed by atoms with Crippen molar-refractivity contribution in [2.75, 3.05) is 6.54 Å². The maximum Gasteiger partial charge on any atom is 0.137 e. The molecule has 0 bridgehead atoms. The van der Waals surface area contributed by atoms with Crippen LogP contribution in [-0.2, 0) is 11.2 Å². The van der Waals surface area contributed by atoms with E-state index < -0.39 is 0 Å². The fraction of sp³-hybridized carbons (Fsp3) is 0.562. The summed E-state index contributed by atoms with van der Waals surface area (Å²) in [7, 11) is 0. The number of rotatable bonds is 5. The largest absolute Gasteiger partial charge is 0.330 e. The van der Waals surface area contributed by atoms with Crippen LogP contribution in [0.3, 0.4) is 0 Å². The third-order valence-electron chi connectivity index (χ3n) is 4.31. The molecular formula is C16H21ClFNO. The van der Waals surface area contributed by atoms with Crippen LogP contribution in [-0.4, -0.2) is 12.3 Å². The fourth-order valence-corrected chi connectivity index (χ4v) is 3.31. The highest BCUT2D eigenvalue weighted by atomic mass is 35.5. The third kappa shape index (κ3) is 3.80. The van der Waals surface area contributed by atoms with E-state index in [1.807, 2.05) is 0 Å². The normalized spacial score (nSPS) is 17.9. The lowest BCUT2D eigenvalue weighted by atomic mass is 9.70. The summed E-state index contributed by atoms with van der Waals surface area (Å²) in [5.74, 6) is -0.256. The summed E-state index contributed by atoms with van der Waals surface area (Å²) in [6.45, 7) is 0.551. The number of Topliss-reactive ketones (excluding diaryl/α,β-unsaturated/α-hetero) is 1. The molecule has 2 rings (SSSR count). The van der Waals surface area contributed by atoms with Crippen LogP contribution in [0.2, 0.25) is 5.02 Å². The Morgan fingerprint density at radius 3 is 2.65 bits per heavy atom. The smallest absolute Gasteiger partial charge is 0.137 e. The molecule has 1 aromatic carbocycles. The maximum atomic E-state index is 13.2. The van der Waals surface area contributed by atoms with Crippen molar-refractivity contribution in [1.82, 2.24) is 0 Å². The molecule has 1 aromatic rings. The number of hydrogen-bond donors (Lipinski definition) is 1. The molecule has 2 N–H and O–H groups in total. The molecule has 0 atom stereocenters. The Kier molecular flexibility index (Phi) is 5.17. The lowest BCUT2D eigenvalue weighted by Gasteiger charge is -2.35. The number of carbonyl (C=O) groups excluding carboxylic acids is 1. The van der Waals surface area contributed by atoms with Gasteiger partial charge >= 0.3 is 0 Å². The quantitative estimate of drug-likeness (QED) is 0.896. The predicted octanol–water partition coefficient (Wildman–Crippen LogP) is 3.89. The lowest BCUT2D eigenvalue weighted by molar-refractivity contribution is -0.121. The molecule has 0 aliphatic heterocycles. The van der Waals surface area contributed by atoms with Gasteiger partial charge in [-0.15, -0.1) is 0 Å². The molecule has 110 valence electrons. The minimum absolute atomic E-state index is 0.0465. The molecule has 1 aliphatic carbocycles. The zero-order valence-corrected chi connectivity index (χ0v) is 12.4. The number of halogens is 2. The maximum absolute atomic E-state index is 13.2. The van der Waals surface area contributed by atoms with Crippen LogP contribution in [0.15, 0.2) is 18.2 Å². The number of benzene rings is 1. The molecule has 0 saturated heterocycles. The number of carbonyl (C=O) groups is 1. The molecule has 1 aliphatic rings. The molecule has 0 radical (unpaired) electrons. The Balaban J connectivity index is 2.02. The van der Waals surface area contributed by atoms with Gasteiger partial charge < -0.3 is 5.73 Å². The first-order valence-electron chi connectivity index (χ1n) is 7.20. The second-order valence-corrected chi connectivity index (χ2v) is 6.30. The predicted molar refractivity (Wildman–Crippen MR) is 79.3 cm³/mol. The molecule has 0 amide bonds. The van der Waals surface area contributed by atoms with Crippen molar-refractivity contribution in [3.05, 3.63) is 34.6 Å². The van der Waals surface area contributed by atoms with Gasteiger partial charge in [0, 0.05) is 17.9 Å². The molecule has 20 heavy (non-hydrogen) atoms. The molecule has 0 unspecified atom stereocenters. The van der Waals surface area contributed by atoms with Gasteiger partial charge in [-0.3, -0.25) is 4.79 Å². The van der Waals surface area contributed by atoms with Gasteiger partial charge in [-0.2, -0.15) is 0 Å². The van der Waals surface area contributed by atoms with E-state index >= 15 is 0 Å². The summed E-state index contributed by atoms with van der Waals surface area (Å²) in [5, 5.41) is 0.449. The number of hydrogen-bond acceptors (Lipinski definition) is 2. The summed E-state index contributed by atoms with van der Waals surface area (Å²) < 4.78 is 13.2. The van der Waals surface area contributed by atoms with Gasteiger partial charge in [0.1, 0.15) is 11.6 Å². The van der Waals surface area contributed by atoms with Crippen LogP contribution < -0.4 is 5.73 Å². The second-order valence-electron chi connectivity index (χ2n) is 5.89. The molecule has 0 aromatic heterocycles. The fourth-order valence-electron chi connectivity index (χ4n) is 3.13. The molecule has 0 heterocycles. The van der Waals surface area contributed by atoms with Crippen molar-refractivity contribution in [2.24, 2.45) is 11.1 Å². The van der Waals surface area contributed by atoms with Crippen LogP contribution in [0.4, 0.5) is 4.39 Å². The van der Waals surface area contributed by atoms with Gasteiger partial charge in [-0.1, -0.05) is 30.9 Å². The Morgan fingerprint density at radius 2 is 2.00 bits per heavy atom. The Labute approximate surface area is 124 Å². The van der Waals surface area contributed by atoms with Crippen molar-refractivity contribution in [1.29, 1.82) is 0 Å². The zero-order chi connectivity index (χ0) is 14.6. The monoisotopic (exact) mass is 297 g/mol. The van der Waals surface area contributed by atoms with Crippen LogP contribution in [0.25, 0.3) is 0 Å². The average molecular weight is 298 g/mol. The van der Waals surface area contributed by atoms with Gasteiger partial charge in [0.25, 0.3) is 0 Å². The summed E-state index contributed by atoms with van der Waals surface area (Å²) in [6, 6.07) is 4.15. The molecule has 1 saturated carbocycles. The van der Waals surface area contributed by atoms with Gasteiger partial charge in [-0.05, 0) is 48.6 Å². The summed E-state index contributed by atoms with van der Waals surface area (Å²) in [6.07, 6.45) is 6.23. The lowest BCUT2D eigenvalue weighted by Crippen LogP contribution is -2.35. The summed E-state index contributed by atoms with van der Waals surface area (Å²) in [4.78, 5) is 12.3. The standard InChI is InChI=1S/C16H21ClFNO/c17-15-5-4-13(18)8-12(15)9-14(20)10-16(11-19)6-2-1-3-7-16/h4-5,8H,1-3,6-7,9-11,19H2. The van der Waals surface area contributed by atoms with E-state index in [2.05, 4.69) is 0 Å². The van der Waals surface area contributed by atoms with Crippen molar-refractivity contribution >= 4 is 17.4 Å². The summed E-state index contributed by atoms with van der Waals surface area (Å²) >= 11 is 6.01. The van der Waals surface area contributed by atoms with E-state index in [1.165, 1.54) is 24.6 Å². The first-order chi connectivity index (χ1) is 9.54. The van der Waals surface area contributed by atoms with Gasteiger partial charge in [0.05, 0.1) is 0 Å². The molecule has 0 spiro atoms. The molecular weight excluding hydrogens is 277 g/mol. The first-order valence-corrected chi connectivity index (χ1v) is 7.58. The third-order valence-corrected chi connectivity index (χ3v) is 4.68. The highest BCUT2D eigenvalue weighted by Gasteiger charge is 2.32. The van der Waals surface area contributed by atoms with Crippen LogP contribution in [0.1, 0.15) is 44.1 Å². The highest BCUT2D eigenvalue weighted by Crippen LogP contribution is 2.38. The van der Waals surface area contributed by atoms with Gasteiger partial charge in [-0.25, -0.2) is 4.39 Å². The minimum Gasteiger partial charge on any atom is -0.330 e. The Hall–Kier alpha value is -0.930. The van der Waals surface area contributed by atoms with E-state index in [4.69, 9.17) is 17.3 Å². The first kappa shape index (κ1) is 15.5. The van der Waals surface area contributed by atoms with E-state index in [9.17, 15) is 9.18 Å². The van der Waals surface area contributed by atoms with Crippen molar-refractivity contribution in [2.45, 2.75) is 44.9 Å². The van der Waals surface area contributed by atoms with Crippen LogP contribution in [0.5, 0.6) is 0 Å². The molecule has 4 heteroatoms. The number of nitrogens with two attached hydrogens (primary N) is 1. The van der Waals surface area contributed by atoms with Gasteiger partial charge in [0.2, 0.25) is 0 Å². The average Bonchev–Trinajstić information content (AvgIpc) is 2.44. The second kappa shape index (κ2) is 6.68. The van der Waals surface area contributed by atoms with Gasteiger partial charge in [0.15, 0.2) is 0 Å². The SMILES string of the molecule is NCC1(CC(=O)Cc2cc(F)ccc2Cl)CCCCC1. The van der Waals surface area contributed by atoms with Crippen molar-refractivity contribution < 1.29 is 9.18 Å². The summed E-state index contributed by atoms with van der Waals surface area (Å²) in [5.41, 5.74) is 6.42.